The standard InChI is InChI=1S/C16H27N3O3.HI/c1-17-16(18-9-6-11-21-14-13-20-2)19-10-12-22-15-7-4-3-5-8-15;/h3-5,7-8H,6,9-14H2,1-2H3,(H2,17,18,19);1H. The van der Waals surface area contributed by atoms with E-state index in [1.807, 2.05) is 30.3 Å². The van der Waals surface area contributed by atoms with Crippen LogP contribution in [0.5, 0.6) is 5.75 Å². The Hall–Kier alpha value is -1.06. The Balaban J connectivity index is 0.00000484. The minimum absolute atomic E-state index is 0. The first-order valence-corrected chi connectivity index (χ1v) is 7.56. The van der Waals surface area contributed by atoms with E-state index >= 15 is 0 Å². The minimum Gasteiger partial charge on any atom is -0.492 e. The van der Waals surface area contributed by atoms with Crippen LogP contribution in [0.4, 0.5) is 0 Å². The fourth-order valence-electron chi connectivity index (χ4n) is 1.70. The van der Waals surface area contributed by atoms with Crippen LogP contribution in [0.2, 0.25) is 0 Å². The second kappa shape index (κ2) is 15.8. The summed E-state index contributed by atoms with van der Waals surface area (Å²) in [5.41, 5.74) is 0. The van der Waals surface area contributed by atoms with Gasteiger partial charge in [0.1, 0.15) is 12.4 Å². The number of benzene rings is 1. The molecule has 0 spiro atoms. The lowest BCUT2D eigenvalue weighted by Gasteiger charge is -2.12. The van der Waals surface area contributed by atoms with Crippen molar-refractivity contribution in [1.82, 2.24) is 10.6 Å². The quantitative estimate of drug-likeness (QED) is 0.240. The molecule has 0 aliphatic heterocycles. The van der Waals surface area contributed by atoms with Crippen LogP contribution in [0.25, 0.3) is 0 Å². The number of hydrogen-bond acceptors (Lipinski definition) is 4. The van der Waals surface area contributed by atoms with Crippen molar-refractivity contribution < 1.29 is 14.2 Å². The summed E-state index contributed by atoms with van der Waals surface area (Å²) in [5.74, 6) is 1.65. The van der Waals surface area contributed by atoms with Crippen molar-refractivity contribution in [2.24, 2.45) is 4.99 Å². The van der Waals surface area contributed by atoms with Crippen molar-refractivity contribution in [3.05, 3.63) is 30.3 Å². The number of halogens is 1. The van der Waals surface area contributed by atoms with Gasteiger partial charge in [-0.2, -0.15) is 0 Å². The monoisotopic (exact) mass is 437 g/mol. The van der Waals surface area contributed by atoms with Crippen molar-refractivity contribution in [2.45, 2.75) is 6.42 Å². The second-order valence-electron chi connectivity index (χ2n) is 4.55. The number of ether oxygens (including phenoxy) is 3. The highest BCUT2D eigenvalue weighted by molar-refractivity contribution is 14.0. The highest BCUT2D eigenvalue weighted by Crippen LogP contribution is 2.07. The third-order valence-corrected chi connectivity index (χ3v) is 2.82. The average Bonchev–Trinajstić information content (AvgIpc) is 2.57. The molecule has 0 radical (unpaired) electrons. The Morgan fingerprint density at radius 1 is 1.00 bits per heavy atom. The van der Waals surface area contributed by atoms with E-state index in [0.717, 1.165) is 24.7 Å². The predicted octanol–water partition coefficient (Wildman–Crippen LogP) is 1.90. The van der Waals surface area contributed by atoms with E-state index in [9.17, 15) is 0 Å². The molecule has 0 bridgehead atoms. The molecule has 0 saturated heterocycles. The van der Waals surface area contributed by atoms with Crippen LogP contribution in [-0.4, -0.2) is 59.6 Å². The van der Waals surface area contributed by atoms with Crippen molar-refractivity contribution in [3.63, 3.8) is 0 Å². The van der Waals surface area contributed by atoms with Crippen molar-refractivity contribution in [1.29, 1.82) is 0 Å². The van der Waals surface area contributed by atoms with E-state index in [0.29, 0.717) is 33.0 Å². The lowest BCUT2D eigenvalue weighted by molar-refractivity contribution is 0.0698. The van der Waals surface area contributed by atoms with Gasteiger partial charge >= 0.3 is 0 Å². The summed E-state index contributed by atoms with van der Waals surface area (Å²) in [7, 11) is 3.42. The van der Waals surface area contributed by atoms with Gasteiger partial charge in [-0.25, -0.2) is 0 Å². The normalized spacial score (nSPS) is 10.8. The van der Waals surface area contributed by atoms with Gasteiger partial charge in [-0.05, 0) is 18.6 Å². The van der Waals surface area contributed by atoms with Crippen LogP contribution >= 0.6 is 24.0 Å². The lowest BCUT2D eigenvalue weighted by Crippen LogP contribution is -2.39. The van der Waals surface area contributed by atoms with Gasteiger partial charge in [0, 0.05) is 27.3 Å². The van der Waals surface area contributed by atoms with Crippen molar-refractivity contribution >= 4 is 29.9 Å². The number of methoxy groups -OCH3 is 1. The summed E-state index contributed by atoms with van der Waals surface area (Å²) in [6.07, 6.45) is 0.922. The smallest absolute Gasteiger partial charge is 0.191 e. The predicted molar refractivity (Wildman–Crippen MR) is 104 cm³/mol. The van der Waals surface area contributed by atoms with E-state index in [4.69, 9.17) is 14.2 Å². The molecule has 0 atom stereocenters. The molecule has 6 nitrogen and oxygen atoms in total. The molecular weight excluding hydrogens is 409 g/mol. The van der Waals surface area contributed by atoms with Gasteiger partial charge < -0.3 is 24.8 Å². The topological polar surface area (TPSA) is 64.1 Å². The van der Waals surface area contributed by atoms with Gasteiger partial charge in [0.05, 0.1) is 19.8 Å². The molecule has 1 rings (SSSR count). The van der Waals surface area contributed by atoms with E-state index < -0.39 is 0 Å². The molecule has 0 unspecified atom stereocenters. The summed E-state index contributed by atoms with van der Waals surface area (Å²) in [6, 6.07) is 9.76. The fraction of sp³-hybridized carbons (Fsp3) is 0.562. The van der Waals surface area contributed by atoms with Crippen LogP contribution in [0.3, 0.4) is 0 Å². The Labute approximate surface area is 156 Å². The number of rotatable bonds is 11. The molecule has 7 heteroatoms. The Morgan fingerprint density at radius 2 is 1.74 bits per heavy atom. The van der Waals surface area contributed by atoms with Gasteiger partial charge in [0.15, 0.2) is 5.96 Å². The highest BCUT2D eigenvalue weighted by atomic mass is 127. The summed E-state index contributed by atoms with van der Waals surface area (Å²) < 4.78 is 15.9. The maximum atomic E-state index is 5.60. The number of hydrogen-bond donors (Lipinski definition) is 2. The fourth-order valence-corrected chi connectivity index (χ4v) is 1.70. The van der Waals surface area contributed by atoms with Crippen LogP contribution < -0.4 is 15.4 Å². The Kier molecular flexibility index (Phi) is 15.1. The van der Waals surface area contributed by atoms with Crippen LogP contribution in [-0.2, 0) is 9.47 Å². The highest BCUT2D eigenvalue weighted by Gasteiger charge is 1.97. The van der Waals surface area contributed by atoms with Crippen molar-refractivity contribution in [2.75, 3.05) is 53.7 Å². The number of nitrogens with one attached hydrogen (secondary N) is 2. The van der Waals surface area contributed by atoms with E-state index in [2.05, 4.69) is 15.6 Å². The molecule has 0 aliphatic rings. The Bertz CT molecular complexity index is 405. The first kappa shape index (κ1) is 21.9. The molecule has 0 fully saturated rings. The lowest BCUT2D eigenvalue weighted by atomic mass is 10.3. The average molecular weight is 437 g/mol. The van der Waals surface area contributed by atoms with Gasteiger partial charge in [-0.3, -0.25) is 4.99 Å². The molecule has 1 aromatic carbocycles. The summed E-state index contributed by atoms with van der Waals surface area (Å²) in [6.45, 7) is 4.08. The zero-order chi connectivity index (χ0) is 15.9. The summed E-state index contributed by atoms with van der Waals surface area (Å²) in [5, 5.41) is 6.44. The molecule has 2 N–H and O–H groups in total. The van der Waals surface area contributed by atoms with Crippen LogP contribution in [0, 0.1) is 0 Å². The summed E-state index contributed by atoms with van der Waals surface area (Å²) in [4.78, 5) is 4.16. The van der Waals surface area contributed by atoms with E-state index in [1.165, 1.54) is 0 Å². The molecule has 0 aliphatic carbocycles. The number of para-hydroxylation sites is 1. The van der Waals surface area contributed by atoms with Gasteiger partial charge in [0.2, 0.25) is 0 Å². The molecule has 132 valence electrons. The second-order valence-corrected chi connectivity index (χ2v) is 4.55. The zero-order valence-electron chi connectivity index (χ0n) is 13.9. The first-order valence-electron chi connectivity index (χ1n) is 7.56. The maximum Gasteiger partial charge on any atom is 0.191 e. The summed E-state index contributed by atoms with van der Waals surface area (Å²) >= 11 is 0. The van der Waals surface area contributed by atoms with E-state index in [1.54, 1.807) is 14.2 Å². The van der Waals surface area contributed by atoms with Crippen LogP contribution in [0.15, 0.2) is 35.3 Å². The van der Waals surface area contributed by atoms with Gasteiger partial charge in [-0.1, -0.05) is 18.2 Å². The molecule has 0 aromatic heterocycles. The third-order valence-electron chi connectivity index (χ3n) is 2.82. The van der Waals surface area contributed by atoms with Gasteiger partial charge in [0.25, 0.3) is 0 Å². The molecular formula is C16H28IN3O3. The number of aliphatic imine (C=N–C) groups is 1. The third kappa shape index (κ3) is 12.1. The number of nitrogens with zero attached hydrogens (tertiary/aromatic N) is 1. The molecule has 1 aromatic rings. The minimum atomic E-state index is 0. The SMILES string of the molecule is CN=C(NCCCOCCOC)NCCOc1ccccc1.I. The molecule has 0 saturated carbocycles. The first-order chi connectivity index (χ1) is 10.9. The largest absolute Gasteiger partial charge is 0.492 e. The molecule has 0 amide bonds. The maximum absolute atomic E-state index is 5.60. The Morgan fingerprint density at radius 3 is 2.43 bits per heavy atom. The van der Waals surface area contributed by atoms with Gasteiger partial charge in [-0.15, -0.1) is 24.0 Å². The zero-order valence-corrected chi connectivity index (χ0v) is 16.2. The molecule has 23 heavy (non-hydrogen) atoms. The number of guanidine groups is 1. The van der Waals surface area contributed by atoms with Crippen molar-refractivity contribution in [3.8, 4) is 5.75 Å². The van der Waals surface area contributed by atoms with E-state index in [-0.39, 0.29) is 24.0 Å². The molecule has 0 heterocycles. The van der Waals surface area contributed by atoms with Crippen LogP contribution in [0.1, 0.15) is 6.42 Å².